The van der Waals surface area contributed by atoms with E-state index >= 15 is 0 Å². The maximum Gasteiger partial charge on any atom is 0.460 e. The molecule has 2 atom stereocenters. The van der Waals surface area contributed by atoms with Crippen molar-refractivity contribution in [1.82, 2.24) is 0 Å². The minimum Gasteiger partial charge on any atom is -0.465 e. The Morgan fingerprint density at radius 3 is 2.05 bits per heavy atom. The monoisotopic (exact) mass is 606 g/mol. The van der Waals surface area contributed by atoms with Crippen LogP contribution in [-0.4, -0.2) is 38.2 Å². The van der Waals surface area contributed by atoms with Gasteiger partial charge in [0.2, 0.25) is 0 Å². The molecule has 0 bridgehead atoms. The van der Waals surface area contributed by atoms with E-state index in [0.29, 0.717) is 24.2 Å². The third-order valence-electron chi connectivity index (χ3n) is 5.75. The van der Waals surface area contributed by atoms with Gasteiger partial charge >= 0.3 is 30.7 Å². The summed E-state index contributed by atoms with van der Waals surface area (Å²) >= 11 is 0. The normalized spacial score (nSPS) is 14.5. The SMILES string of the molecule is C=Cc1ccc2cc(OC(CCC)OC(C)c3ccc(OS(=O)(=O)C(F)(F)C(F)(F)S(=O)(=O)O)cc3)ccc2c1. The molecule has 0 aromatic heterocycles. The van der Waals surface area contributed by atoms with E-state index in [1.807, 2.05) is 37.3 Å². The zero-order valence-corrected chi connectivity index (χ0v) is 22.9. The molecule has 40 heavy (non-hydrogen) atoms. The second-order valence-corrected chi connectivity index (χ2v) is 11.8. The van der Waals surface area contributed by atoms with Crippen molar-refractivity contribution in [2.75, 3.05) is 0 Å². The van der Waals surface area contributed by atoms with Crippen LogP contribution >= 0.6 is 0 Å². The summed E-state index contributed by atoms with van der Waals surface area (Å²) in [6.45, 7) is 7.33. The fourth-order valence-corrected chi connectivity index (χ4v) is 5.24. The van der Waals surface area contributed by atoms with Gasteiger partial charge < -0.3 is 13.7 Å². The van der Waals surface area contributed by atoms with Crippen molar-refractivity contribution < 1.29 is 52.6 Å². The Balaban J connectivity index is 1.72. The highest BCUT2D eigenvalue weighted by Gasteiger charge is 2.74. The van der Waals surface area contributed by atoms with Gasteiger partial charge in [0.25, 0.3) is 0 Å². The first kappa shape index (κ1) is 31.3. The first-order chi connectivity index (χ1) is 18.5. The van der Waals surface area contributed by atoms with Gasteiger partial charge in [0.05, 0.1) is 6.10 Å². The van der Waals surface area contributed by atoms with E-state index in [-0.39, 0.29) is 0 Å². The number of halogens is 4. The van der Waals surface area contributed by atoms with Crippen molar-refractivity contribution in [3.63, 3.8) is 0 Å². The molecule has 3 rings (SSSR count). The quantitative estimate of drug-likeness (QED) is 0.101. The summed E-state index contributed by atoms with van der Waals surface area (Å²) in [4.78, 5) is 0. The van der Waals surface area contributed by atoms with Crippen LogP contribution in [0.25, 0.3) is 16.8 Å². The van der Waals surface area contributed by atoms with Crippen LogP contribution < -0.4 is 8.92 Å². The molecule has 1 N–H and O–H groups in total. The topological polar surface area (TPSA) is 116 Å². The highest BCUT2D eigenvalue weighted by Crippen LogP contribution is 2.43. The Morgan fingerprint density at radius 1 is 0.900 bits per heavy atom. The van der Waals surface area contributed by atoms with Crippen LogP contribution in [-0.2, 0) is 25.0 Å². The molecule has 8 nitrogen and oxygen atoms in total. The Hall–Kier alpha value is -3.20. The molecule has 0 aliphatic carbocycles. The maximum atomic E-state index is 13.8. The van der Waals surface area contributed by atoms with Gasteiger partial charge in [-0.05, 0) is 59.2 Å². The molecule has 14 heteroatoms. The Kier molecular flexibility index (Phi) is 9.19. The van der Waals surface area contributed by atoms with E-state index in [1.165, 1.54) is 12.1 Å². The molecule has 0 saturated carbocycles. The number of ether oxygens (including phenoxy) is 2. The first-order valence-corrected chi connectivity index (χ1v) is 14.6. The Bertz CT molecular complexity index is 1570. The van der Waals surface area contributed by atoms with Crippen LogP contribution in [0, 0.1) is 0 Å². The summed E-state index contributed by atoms with van der Waals surface area (Å²) in [6.07, 6.45) is 1.62. The van der Waals surface area contributed by atoms with Gasteiger partial charge in [0.15, 0.2) is 6.29 Å². The van der Waals surface area contributed by atoms with Gasteiger partial charge in [-0.3, -0.25) is 4.55 Å². The van der Waals surface area contributed by atoms with Crippen molar-refractivity contribution >= 4 is 37.1 Å². The summed E-state index contributed by atoms with van der Waals surface area (Å²) in [5, 5.41) is -10.7. The van der Waals surface area contributed by atoms with Crippen molar-refractivity contribution in [2.24, 2.45) is 0 Å². The molecular weight excluding hydrogens is 580 g/mol. The zero-order valence-electron chi connectivity index (χ0n) is 21.3. The average molecular weight is 607 g/mol. The number of hydrogen-bond acceptors (Lipinski definition) is 7. The van der Waals surface area contributed by atoms with Crippen LogP contribution in [0.3, 0.4) is 0 Å². The highest BCUT2D eigenvalue weighted by molar-refractivity contribution is 7.91. The molecule has 0 amide bonds. The molecule has 0 radical (unpaired) electrons. The smallest absolute Gasteiger partial charge is 0.460 e. The molecule has 0 fully saturated rings. The van der Waals surface area contributed by atoms with Crippen molar-refractivity contribution in [3.8, 4) is 11.5 Å². The van der Waals surface area contributed by atoms with Crippen molar-refractivity contribution in [2.45, 2.75) is 49.6 Å². The van der Waals surface area contributed by atoms with E-state index in [2.05, 4.69) is 10.8 Å². The highest BCUT2D eigenvalue weighted by atomic mass is 32.2. The Morgan fingerprint density at radius 2 is 1.48 bits per heavy atom. The predicted molar refractivity (Wildman–Crippen MR) is 140 cm³/mol. The molecule has 3 aromatic carbocycles. The van der Waals surface area contributed by atoms with E-state index in [4.69, 9.17) is 14.0 Å². The molecule has 0 spiro atoms. The number of fused-ring (bicyclic) bond motifs is 1. The first-order valence-electron chi connectivity index (χ1n) is 11.8. The fourth-order valence-electron chi connectivity index (χ4n) is 3.56. The summed E-state index contributed by atoms with van der Waals surface area (Å²) in [7, 11) is -13.3. The van der Waals surface area contributed by atoms with Crippen LogP contribution in [0.2, 0.25) is 0 Å². The minimum absolute atomic E-state index is 0.431. The molecular formula is C26H26F4O8S2. The second-order valence-electron chi connectivity index (χ2n) is 8.70. The average Bonchev–Trinajstić information content (AvgIpc) is 2.87. The number of hydrogen-bond donors (Lipinski definition) is 1. The largest absolute Gasteiger partial charge is 0.465 e. The number of alkyl halides is 4. The molecule has 0 saturated heterocycles. The zero-order chi connectivity index (χ0) is 29.9. The van der Waals surface area contributed by atoms with Crippen LogP contribution in [0.5, 0.6) is 11.5 Å². The third kappa shape index (κ3) is 6.57. The minimum atomic E-state index is -6.78. The lowest BCUT2D eigenvalue weighted by atomic mass is 10.1. The van der Waals surface area contributed by atoms with E-state index in [1.54, 1.807) is 19.1 Å². The van der Waals surface area contributed by atoms with Gasteiger partial charge in [0, 0.05) is 6.42 Å². The van der Waals surface area contributed by atoms with Crippen LogP contribution in [0.4, 0.5) is 17.6 Å². The third-order valence-corrected chi connectivity index (χ3v) is 8.08. The van der Waals surface area contributed by atoms with Crippen molar-refractivity contribution in [3.05, 3.63) is 78.4 Å². The summed E-state index contributed by atoms with van der Waals surface area (Å²) in [5.74, 6) is -0.250. The second kappa shape index (κ2) is 11.7. The van der Waals surface area contributed by atoms with E-state index in [0.717, 1.165) is 28.5 Å². The van der Waals surface area contributed by atoms with Gasteiger partial charge in [0.1, 0.15) is 11.5 Å². The lowest BCUT2D eigenvalue weighted by Crippen LogP contribution is -2.53. The Labute approximate surface area is 229 Å². The standard InChI is InChI=1S/C26H26F4O8S2/c1-4-6-24(37-23-14-11-20-15-18(5-2)7-8-21(20)16-23)36-17(3)19-9-12-22(13-10-19)38-40(34,35)26(29,30)25(27,28)39(31,32)33/h5,7-17,24H,2,4,6H2,1,3H3,(H,31,32,33). The number of benzene rings is 3. The molecule has 2 unspecified atom stereocenters. The van der Waals surface area contributed by atoms with Gasteiger partial charge in [-0.2, -0.15) is 34.4 Å². The summed E-state index contributed by atoms with van der Waals surface area (Å²) in [6, 6.07) is 15.6. The van der Waals surface area contributed by atoms with E-state index < -0.39 is 48.9 Å². The van der Waals surface area contributed by atoms with Gasteiger partial charge in [-0.15, -0.1) is 0 Å². The molecule has 0 aliphatic rings. The van der Waals surface area contributed by atoms with E-state index in [9.17, 15) is 34.4 Å². The maximum absolute atomic E-state index is 13.8. The summed E-state index contributed by atoms with van der Waals surface area (Å²) < 4.78 is 124. The lowest BCUT2D eigenvalue weighted by Gasteiger charge is -2.24. The number of rotatable bonds is 13. The van der Waals surface area contributed by atoms with Crippen LogP contribution in [0.1, 0.15) is 43.9 Å². The molecule has 218 valence electrons. The van der Waals surface area contributed by atoms with Crippen molar-refractivity contribution in [1.29, 1.82) is 0 Å². The molecule has 0 aliphatic heterocycles. The van der Waals surface area contributed by atoms with Gasteiger partial charge in [-0.25, -0.2) is 0 Å². The van der Waals surface area contributed by atoms with Crippen LogP contribution in [0.15, 0.2) is 67.2 Å². The fraction of sp³-hybridized carbons (Fsp3) is 0.308. The molecule has 0 heterocycles. The predicted octanol–water partition coefficient (Wildman–Crippen LogP) is 6.55. The van der Waals surface area contributed by atoms with Gasteiger partial charge in [-0.1, -0.05) is 56.3 Å². The summed E-state index contributed by atoms with van der Waals surface area (Å²) in [5.41, 5.74) is 1.40. The molecule has 3 aromatic rings. The lowest BCUT2D eigenvalue weighted by molar-refractivity contribution is -0.119.